The highest BCUT2D eigenvalue weighted by atomic mass is 19.1. The van der Waals surface area contributed by atoms with Gasteiger partial charge >= 0.3 is 0 Å². The Hall–Kier alpha value is -0.930. The Morgan fingerprint density at radius 1 is 1.33 bits per heavy atom. The number of hydrogen-bond donors (Lipinski definition) is 1. The first-order valence-electron chi connectivity index (χ1n) is 5.19. The molecule has 1 unspecified atom stereocenters. The van der Waals surface area contributed by atoms with Gasteiger partial charge in [-0.1, -0.05) is 12.1 Å². The maximum absolute atomic E-state index is 12.6. The molecule has 0 saturated carbocycles. The standard InChI is InChI=1S/C12H18FNO/c1-10(15)9-14(2)8-7-11-3-5-12(13)6-4-11/h3-6,10,15H,7-9H2,1-2H3. The smallest absolute Gasteiger partial charge is 0.123 e. The van der Waals surface area contributed by atoms with Crippen LogP contribution in [0.5, 0.6) is 0 Å². The lowest BCUT2D eigenvalue weighted by molar-refractivity contribution is 0.142. The molecule has 0 aliphatic rings. The van der Waals surface area contributed by atoms with Crippen LogP contribution in [0.4, 0.5) is 4.39 Å². The van der Waals surface area contributed by atoms with E-state index in [1.54, 1.807) is 19.1 Å². The predicted octanol–water partition coefficient (Wildman–Crippen LogP) is 1.68. The number of benzene rings is 1. The number of halogens is 1. The van der Waals surface area contributed by atoms with E-state index in [0.29, 0.717) is 6.54 Å². The average molecular weight is 211 g/mol. The van der Waals surface area contributed by atoms with E-state index in [-0.39, 0.29) is 11.9 Å². The van der Waals surface area contributed by atoms with Gasteiger partial charge in [-0.25, -0.2) is 4.39 Å². The number of aliphatic hydroxyl groups excluding tert-OH is 1. The summed E-state index contributed by atoms with van der Waals surface area (Å²) < 4.78 is 12.6. The van der Waals surface area contributed by atoms with Gasteiger partial charge in [-0.3, -0.25) is 0 Å². The fourth-order valence-electron chi connectivity index (χ4n) is 1.51. The average Bonchev–Trinajstić information content (AvgIpc) is 2.16. The van der Waals surface area contributed by atoms with Crippen LogP contribution in [0.3, 0.4) is 0 Å². The van der Waals surface area contributed by atoms with Crippen molar-refractivity contribution < 1.29 is 9.50 Å². The highest BCUT2D eigenvalue weighted by molar-refractivity contribution is 5.16. The van der Waals surface area contributed by atoms with Crippen LogP contribution in [-0.4, -0.2) is 36.2 Å². The largest absolute Gasteiger partial charge is 0.392 e. The number of likely N-dealkylation sites (N-methyl/N-ethyl adjacent to an activating group) is 1. The van der Waals surface area contributed by atoms with Gasteiger partial charge in [0.1, 0.15) is 5.82 Å². The lowest BCUT2D eigenvalue weighted by atomic mass is 10.1. The van der Waals surface area contributed by atoms with Crippen LogP contribution in [-0.2, 0) is 6.42 Å². The number of rotatable bonds is 5. The van der Waals surface area contributed by atoms with Crippen molar-refractivity contribution in [2.75, 3.05) is 20.1 Å². The summed E-state index contributed by atoms with van der Waals surface area (Å²) in [5, 5.41) is 9.17. The molecule has 0 radical (unpaired) electrons. The van der Waals surface area contributed by atoms with Crippen molar-refractivity contribution in [2.45, 2.75) is 19.4 Å². The highest BCUT2D eigenvalue weighted by Crippen LogP contribution is 2.04. The van der Waals surface area contributed by atoms with Crippen LogP contribution in [0.1, 0.15) is 12.5 Å². The molecule has 2 nitrogen and oxygen atoms in total. The van der Waals surface area contributed by atoms with Crippen molar-refractivity contribution >= 4 is 0 Å². The molecule has 3 heteroatoms. The summed E-state index contributed by atoms with van der Waals surface area (Å²) in [4.78, 5) is 2.06. The summed E-state index contributed by atoms with van der Waals surface area (Å²) in [5.41, 5.74) is 1.12. The van der Waals surface area contributed by atoms with E-state index in [4.69, 9.17) is 5.11 Å². The Labute approximate surface area is 90.3 Å². The summed E-state index contributed by atoms with van der Waals surface area (Å²) >= 11 is 0. The molecule has 1 aromatic rings. The Morgan fingerprint density at radius 3 is 2.47 bits per heavy atom. The first kappa shape index (κ1) is 12.1. The zero-order valence-electron chi connectivity index (χ0n) is 9.28. The molecule has 1 N–H and O–H groups in total. The van der Waals surface area contributed by atoms with E-state index in [9.17, 15) is 4.39 Å². The van der Waals surface area contributed by atoms with Crippen LogP contribution in [0.25, 0.3) is 0 Å². The summed E-state index contributed by atoms with van der Waals surface area (Å²) in [6.45, 7) is 3.31. The normalized spacial score (nSPS) is 13.1. The van der Waals surface area contributed by atoms with Crippen LogP contribution < -0.4 is 0 Å². The lowest BCUT2D eigenvalue weighted by Crippen LogP contribution is -2.29. The molecule has 15 heavy (non-hydrogen) atoms. The molecule has 1 aromatic carbocycles. The van der Waals surface area contributed by atoms with E-state index < -0.39 is 0 Å². The quantitative estimate of drug-likeness (QED) is 0.801. The maximum atomic E-state index is 12.6. The molecular formula is C12H18FNO. The SMILES string of the molecule is CC(O)CN(C)CCc1ccc(F)cc1. The van der Waals surface area contributed by atoms with Gasteiger partial charge in [-0.15, -0.1) is 0 Å². The summed E-state index contributed by atoms with van der Waals surface area (Å²) in [6.07, 6.45) is 0.576. The summed E-state index contributed by atoms with van der Waals surface area (Å²) in [6, 6.07) is 6.55. The van der Waals surface area contributed by atoms with Crippen LogP contribution in [0.2, 0.25) is 0 Å². The van der Waals surface area contributed by atoms with Crippen molar-refractivity contribution in [3.63, 3.8) is 0 Å². The number of hydrogen-bond acceptors (Lipinski definition) is 2. The zero-order valence-corrected chi connectivity index (χ0v) is 9.28. The van der Waals surface area contributed by atoms with Gasteiger partial charge in [0, 0.05) is 13.1 Å². The van der Waals surface area contributed by atoms with Crippen molar-refractivity contribution in [1.29, 1.82) is 0 Å². The molecule has 84 valence electrons. The van der Waals surface area contributed by atoms with Crippen molar-refractivity contribution in [3.8, 4) is 0 Å². The van der Waals surface area contributed by atoms with E-state index in [2.05, 4.69) is 4.90 Å². The molecule has 0 amide bonds. The van der Waals surface area contributed by atoms with E-state index in [1.165, 1.54) is 12.1 Å². The van der Waals surface area contributed by atoms with Gasteiger partial charge in [-0.05, 0) is 38.1 Å². The third-order valence-corrected chi connectivity index (χ3v) is 2.27. The molecule has 1 atom stereocenters. The Morgan fingerprint density at radius 2 is 1.93 bits per heavy atom. The van der Waals surface area contributed by atoms with Gasteiger partial charge in [0.15, 0.2) is 0 Å². The predicted molar refractivity (Wildman–Crippen MR) is 59.3 cm³/mol. The highest BCUT2D eigenvalue weighted by Gasteiger charge is 2.02. The molecule has 0 heterocycles. The molecule has 0 spiro atoms. The van der Waals surface area contributed by atoms with Gasteiger partial charge in [0.05, 0.1) is 6.10 Å². The van der Waals surface area contributed by atoms with Crippen molar-refractivity contribution in [2.24, 2.45) is 0 Å². The third kappa shape index (κ3) is 4.91. The van der Waals surface area contributed by atoms with Crippen LogP contribution in [0.15, 0.2) is 24.3 Å². The topological polar surface area (TPSA) is 23.5 Å². The molecular weight excluding hydrogens is 193 g/mol. The molecule has 0 aliphatic heterocycles. The second-order valence-electron chi connectivity index (χ2n) is 3.99. The molecule has 0 fully saturated rings. The van der Waals surface area contributed by atoms with E-state index >= 15 is 0 Å². The zero-order chi connectivity index (χ0) is 11.3. The van der Waals surface area contributed by atoms with Crippen LogP contribution in [0, 0.1) is 5.82 Å². The maximum Gasteiger partial charge on any atom is 0.123 e. The molecule has 0 bridgehead atoms. The second-order valence-corrected chi connectivity index (χ2v) is 3.99. The third-order valence-electron chi connectivity index (χ3n) is 2.27. The van der Waals surface area contributed by atoms with Gasteiger partial charge in [-0.2, -0.15) is 0 Å². The molecule has 0 aliphatic carbocycles. The lowest BCUT2D eigenvalue weighted by Gasteiger charge is -2.17. The minimum atomic E-state index is -0.303. The van der Waals surface area contributed by atoms with Gasteiger partial charge < -0.3 is 10.0 Å². The first-order chi connectivity index (χ1) is 7.08. The Kier molecular flexibility index (Phi) is 4.72. The van der Waals surface area contributed by atoms with E-state index in [0.717, 1.165) is 18.5 Å². The number of aliphatic hydroxyl groups is 1. The minimum Gasteiger partial charge on any atom is -0.392 e. The van der Waals surface area contributed by atoms with Gasteiger partial charge in [0.25, 0.3) is 0 Å². The Balaban J connectivity index is 2.33. The number of nitrogens with zero attached hydrogens (tertiary/aromatic N) is 1. The van der Waals surface area contributed by atoms with Crippen molar-refractivity contribution in [3.05, 3.63) is 35.6 Å². The van der Waals surface area contributed by atoms with Crippen LogP contribution >= 0.6 is 0 Å². The molecule has 0 aromatic heterocycles. The fourth-order valence-corrected chi connectivity index (χ4v) is 1.51. The second kappa shape index (κ2) is 5.83. The summed E-state index contributed by atoms with van der Waals surface area (Å²) in [7, 11) is 1.97. The van der Waals surface area contributed by atoms with Gasteiger partial charge in [0.2, 0.25) is 0 Å². The van der Waals surface area contributed by atoms with Crippen molar-refractivity contribution in [1.82, 2.24) is 4.90 Å². The van der Waals surface area contributed by atoms with E-state index in [1.807, 2.05) is 7.05 Å². The Bertz CT molecular complexity index is 284. The molecule has 0 saturated heterocycles. The summed E-state index contributed by atoms with van der Waals surface area (Å²) in [5.74, 6) is -0.198. The fraction of sp³-hybridized carbons (Fsp3) is 0.500. The minimum absolute atomic E-state index is 0.198. The first-order valence-corrected chi connectivity index (χ1v) is 5.19. The molecule has 1 rings (SSSR count). The monoisotopic (exact) mass is 211 g/mol.